The summed E-state index contributed by atoms with van der Waals surface area (Å²) in [6.45, 7) is 0. The molecule has 0 aliphatic rings. The van der Waals surface area contributed by atoms with E-state index in [0.29, 0.717) is 5.39 Å². The summed E-state index contributed by atoms with van der Waals surface area (Å²) in [5.41, 5.74) is -0.372. The Morgan fingerprint density at radius 1 is 1.06 bits per heavy atom. The average Bonchev–Trinajstić information content (AvgIpc) is 2.27. The lowest BCUT2D eigenvalue weighted by atomic mass is 10.2. The summed E-state index contributed by atoms with van der Waals surface area (Å²) in [4.78, 5) is 11.8. The van der Waals surface area contributed by atoms with Crippen LogP contribution < -0.4 is 5.56 Å². The topological polar surface area (TPSA) is 34.9 Å². The van der Waals surface area contributed by atoms with Gasteiger partial charge in [-0.25, -0.2) is 4.68 Å². The van der Waals surface area contributed by atoms with Crippen molar-refractivity contribution in [2.45, 2.75) is 0 Å². The molecule has 2 aromatic rings. The third kappa shape index (κ3) is 1.59. The Labute approximate surface area is 110 Å². The second-order valence-corrected chi connectivity index (χ2v) is 4.63. The number of aromatic nitrogens is 2. The van der Waals surface area contributed by atoms with E-state index in [0.717, 1.165) is 4.68 Å². The van der Waals surface area contributed by atoms with Crippen LogP contribution in [-0.2, 0) is 7.05 Å². The van der Waals surface area contributed by atoms with E-state index in [2.05, 4.69) is 5.10 Å². The van der Waals surface area contributed by atoms with Gasteiger partial charge in [0.1, 0.15) is 0 Å². The van der Waals surface area contributed by atoms with Crippen molar-refractivity contribution in [2.24, 2.45) is 7.05 Å². The van der Waals surface area contributed by atoms with Gasteiger partial charge in [0.2, 0.25) is 0 Å². The molecule has 0 bridgehead atoms. The number of benzene rings is 1. The van der Waals surface area contributed by atoms with E-state index >= 15 is 0 Å². The van der Waals surface area contributed by atoms with Crippen LogP contribution in [-0.4, -0.2) is 9.78 Å². The summed E-state index contributed by atoms with van der Waals surface area (Å²) in [6.07, 6.45) is 1.42. The standard InChI is InChI=1S/C9H4Cl4N2O/c1-15-9(16)4-3(2-14-15)5(10)7(12)8(13)6(4)11/h2H,1H3. The van der Waals surface area contributed by atoms with E-state index in [-0.39, 0.29) is 31.0 Å². The van der Waals surface area contributed by atoms with E-state index in [9.17, 15) is 4.79 Å². The Morgan fingerprint density at radius 3 is 2.25 bits per heavy atom. The molecule has 0 radical (unpaired) electrons. The van der Waals surface area contributed by atoms with Crippen LogP contribution in [0.1, 0.15) is 0 Å². The van der Waals surface area contributed by atoms with Gasteiger partial charge in [-0.15, -0.1) is 0 Å². The molecule has 84 valence electrons. The molecule has 0 spiro atoms. The number of hydrogen-bond donors (Lipinski definition) is 0. The van der Waals surface area contributed by atoms with E-state index in [1.165, 1.54) is 13.2 Å². The van der Waals surface area contributed by atoms with Crippen molar-refractivity contribution in [1.82, 2.24) is 9.78 Å². The molecule has 16 heavy (non-hydrogen) atoms. The summed E-state index contributed by atoms with van der Waals surface area (Å²) < 4.78 is 1.15. The van der Waals surface area contributed by atoms with Crippen LogP contribution in [0.2, 0.25) is 20.1 Å². The molecule has 0 amide bonds. The molecule has 1 heterocycles. The quantitative estimate of drug-likeness (QED) is 0.550. The Morgan fingerprint density at radius 2 is 1.62 bits per heavy atom. The molecule has 7 heteroatoms. The predicted molar refractivity (Wildman–Crippen MR) is 67.0 cm³/mol. The average molecular weight is 298 g/mol. The maximum Gasteiger partial charge on any atom is 0.275 e. The smallest absolute Gasteiger partial charge is 0.267 e. The Balaban J connectivity index is 3.15. The third-order valence-corrected chi connectivity index (χ3v) is 3.99. The molecule has 0 atom stereocenters. The van der Waals surface area contributed by atoms with Gasteiger partial charge in [-0.2, -0.15) is 5.10 Å². The molecule has 0 unspecified atom stereocenters. The van der Waals surface area contributed by atoms with E-state index < -0.39 is 0 Å². The van der Waals surface area contributed by atoms with Crippen LogP contribution in [0.15, 0.2) is 11.0 Å². The first-order chi connectivity index (χ1) is 7.45. The molecule has 0 N–H and O–H groups in total. The first-order valence-electron chi connectivity index (χ1n) is 4.13. The molecule has 0 fully saturated rings. The summed E-state index contributed by atoms with van der Waals surface area (Å²) in [6, 6.07) is 0. The van der Waals surface area contributed by atoms with Gasteiger partial charge in [0, 0.05) is 12.4 Å². The summed E-state index contributed by atoms with van der Waals surface area (Å²) in [7, 11) is 1.51. The summed E-state index contributed by atoms with van der Waals surface area (Å²) in [5.74, 6) is 0. The molecule has 1 aromatic heterocycles. The van der Waals surface area contributed by atoms with Gasteiger partial charge < -0.3 is 0 Å². The highest BCUT2D eigenvalue weighted by Gasteiger charge is 2.17. The van der Waals surface area contributed by atoms with Crippen LogP contribution >= 0.6 is 46.4 Å². The minimum Gasteiger partial charge on any atom is -0.267 e. The normalized spacial score (nSPS) is 11.1. The molecule has 0 aliphatic carbocycles. The van der Waals surface area contributed by atoms with Crippen LogP contribution in [0.25, 0.3) is 10.8 Å². The van der Waals surface area contributed by atoms with Gasteiger partial charge in [-0.1, -0.05) is 46.4 Å². The second kappa shape index (κ2) is 4.08. The van der Waals surface area contributed by atoms with Gasteiger partial charge in [0.15, 0.2) is 0 Å². The van der Waals surface area contributed by atoms with Crippen molar-refractivity contribution in [2.75, 3.05) is 0 Å². The van der Waals surface area contributed by atoms with Gasteiger partial charge in [0.05, 0.1) is 31.7 Å². The van der Waals surface area contributed by atoms with E-state index in [4.69, 9.17) is 46.4 Å². The van der Waals surface area contributed by atoms with Crippen LogP contribution in [0.5, 0.6) is 0 Å². The fourth-order valence-electron chi connectivity index (χ4n) is 1.34. The van der Waals surface area contributed by atoms with Crippen molar-refractivity contribution in [3.8, 4) is 0 Å². The number of rotatable bonds is 0. The highest BCUT2D eigenvalue weighted by molar-refractivity contribution is 6.55. The number of aryl methyl sites for hydroxylation is 1. The van der Waals surface area contributed by atoms with Gasteiger partial charge in [0.25, 0.3) is 5.56 Å². The highest BCUT2D eigenvalue weighted by Crippen LogP contribution is 2.41. The number of hydrogen-bond acceptors (Lipinski definition) is 2. The van der Waals surface area contributed by atoms with E-state index in [1.54, 1.807) is 0 Å². The molecule has 0 aliphatic heterocycles. The third-order valence-electron chi connectivity index (χ3n) is 2.17. The number of halogens is 4. The first kappa shape index (κ1) is 12.0. The number of fused-ring (bicyclic) bond motifs is 1. The van der Waals surface area contributed by atoms with Gasteiger partial charge in [-0.3, -0.25) is 4.79 Å². The monoisotopic (exact) mass is 296 g/mol. The SMILES string of the molecule is Cn1ncc2c(Cl)c(Cl)c(Cl)c(Cl)c2c1=O. The Kier molecular flexibility index (Phi) is 3.05. The zero-order valence-corrected chi connectivity index (χ0v) is 10.9. The Hall–Kier alpha value is -0.480. The van der Waals surface area contributed by atoms with E-state index in [1.807, 2.05) is 0 Å². The molecular formula is C9H4Cl4N2O. The van der Waals surface area contributed by atoms with Crippen molar-refractivity contribution in [1.29, 1.82) is 0 Å². The highest BCUT2D eigenvalue weighted by atomic mass is 35.5. The summed E-state index contributed by atoms with van der Waals surface area (Å²) >= 11 is 23.7. The largest absolute Gasteiger partial charge is 0.275 e. The van der Waals surface area contributed by atoms with Crippen LogP contribution in [0, 0.1) is 0 Å². The lowest BCUT2D eigenvalue weighted by Gasteiger charge is -2.08. The fourth-order valence-corrected chi connectivity index (χ4v) is 2.33. The molecule has 1 aromatic carbocycles. The fraction of sp³-hybridized carbons (Fsp3) is 0.111. The zero-order chi connectivity index (χ0) is 12.0. The molecule has 0 saturated heterocycles. The first-order valence-corrected chi connectivity index (χ1v) is 5.64. The summed E-state index contributed by atoms with van der Waals surface area (Å²) in [5, 5.41) is 4.92. The van der Waals surface area contributed by atoms with Crippen molar-refractivity contribution in [3.05, 3.63) is 36.6 Å². The molecule has 3 nitrogen and oxygen atoms in total. The second-order valence-electron chi connectivity index (χ2n) is 3.12. The molecule has 0 saturated carbocycles. The maximum atomic E-state index is 11.8. The predicted octanol–water partition coefficient (Wildman–Crippen LogP) is 3.55. The van der Waals surface area contributed by atoms with Crippen molar-refractivity contribution >= 4 is 57.2 Å². The lowest BCUT2D eigenvalue weighted by Crippen LogP contribution is -2.19. The minimum absolute atomic E-state index is 0.0733. The van der Waals surface area contributed by atoms with Gasteiger partial charge in [-0.05, 0) is 0 Å². The lowest BCUT2D eigenvalue weighted by molar-refractivity contribution is 0.718. The maximum absolute atomic E-state index is 11.8. The van der Waals surface area contributed by atoms with Crippen molar-refractivity contribution in [3.63, 3.8) is 0 Å². The number of nitrogens with zero attached hydrogens (tertiary/aromatic N) is 2. The zero-order valence-electron chi connectivity index (χ0n) is 7.89. The molecule has 2 rings (SSSR count). The van der Waals surface area contributed by atoms with Crippen LogP contribution in [0.3, 0.4) is 0 Å². The van der Waals surface area contributed by atoms with Crippen molar-refractivity contribution < 1.29 is 0 Å². The minimum atomic E-state index is -0.372. The van der Waals surface area contributed by atoms with Crippen LogP contribution in [0.4, 0.5) is 0 Å². The Bertz CT molecular complexity index is 650. The van der Waals surface area contributed by atoms with Gasteiger partial charge >= 0.3 is 0 Å². The molecular weight excluding hydrogens is 294 g/mol.